The predicted octanol–water partition coefficient (Wildman–Crippen LogP) is 2.74. The van der Waals surface area contributed by atoms with Crippen molar-refractivity contribution in [2.75, 3.05) is 39.5 Å². The van der Waals surface area contributed by atoms with Gasteiger partial charge in [0, 0.05) is 34.4 Å². The fraction of sp³-hybridized carbons (Fsp3) is 0.333. The van der Waals surface area contributed by atoms with E-state index in [0.29, 0.717) is 47.2 Å². The quantitative estimate of drug-likeness (QED) is 0.237. The maximum atomic E-state index is 13.0. The molecule has 4 aliphatic rings. The molecule has 2 heterocycles. The number of carboxylic acid groups (broad SMARTS) is 2. The molecule has 260 valence electrons. The number of hydrogen-bond acceptors (Lipinski definition) is 10. The van der Waals surface area contributed by atoms with Crippen LogP contribution < -0.4 is 10.6 Å². The van der Waals surface area contributed by atoms with Crippen LogP contribution in [0.4, 0.5) is 0 Å². The zero-order chi connectivity index (χ0) is 35.0. The number of ketones is 2. The number of rotatable bonds is 6. The SMILES string of the molecule is C.O=C(O)CNC(=O)C1=C(O)c2cc(Cl)ccc2[C@@]2(CCOC2)C1=O.O=C(O)CNC(=O)C1=C(O)c2cc(Cl)ccc2[C@]2(CCOC2)C1=O. The van der Waals surface area contributed by atoms with Crippen molar-refractivity contribution in [2.24, 2.45) is 0 Å². The number of hydrogen-bond donors (Lipinski definition) is 6. The fourth-order valence-electron chi connectivity index (χ4n) is 6.29. The molecule has 6 N–H and O–H groups in total. The summed E-state index contributed by atoms with van der Waals surface area (Å²) in [6, 6.07) is 9.46. The summed E-state index contributed by atoms with van der Waals surface area (Å²) in [4.78, 5) is 71.7. The standard InChI is InChI=1S/2C16H14ClNO6.CH4/c2*17-8-1-2-10-9(5-8)13(21)12(15(23)18-6-11(19)20)14(22)16(10)3-4-24-7-16;/h2*1-2,5,21H,3-4,6-7H2,(H,18,23)(H,19,20);1H4/t2*16-;/m10./s1. The van der Waals surface area contributed by atoms with Gasteiger partial charge in [0.2, 0.25) is 0 Å². The monoisotopic (exact) mass is 718 g/mol. The molecule has 0 aromatic heterocycles. The minimum Gasteiger partial charge on any atom is -0.506 e. The van der Waals surface area contributed by atoms with Crippen LogP contribution in [0.5, 0.6) is 0 Å². The molecule has 49 heavy (non-hydrogen) atoms. The second-order valence-corrected chi connectivity index (χ2v) is 12.3. The molecule has 14 nitrogen and oxygen atoms in total. The van der Waals surface area contributed by atoms with Crippen molar-refractivity contribution in [1.29, 1.82) is 0 Å². The Morgan fingerprint density at radius 1 is 0.694 bits per heavy atom. The first-order valence-corrected chi connectivity index (χ1v) is 15.2. The normalized spacial score (nSPS) is 22.2. The first-order valence-electron chi connectivity index (χ1n) is 14.5. The largest absolute Gasteiger partial charge is 0.506 e. The van der Waals surface area contributed by atoms with E-state index in [9.17, 15) is 39.0 Å². The van der Waals surface area contributed by atoms with Crippen molar-refractivity contribution in [3.63, 3.8) is 0 Å². The van der Waals surface area contributed by atoms with Crippen LogP contribution in [-0.4, -0.2) is 95.3 Å². The molecule has 0 radical (unpaired) electrons. The van der Waals surface area contributed by atoms with E-state index in [-0.39, 0.29) is 31.8 Å². The van der Waals surface area contributed by atoms with Crippen LogP contribution in [0.1, 0.15) is 42.5 Å². The number of ether oxygens (including phenoxy) is 2. The highest BCUT2D eigenvalue weighted by atomic mass is 35.5. The Balaban J connectivity index is 0.000000216. The second-order valence-electron chi connectivity index (χ2n) is 11.4. The number of carbonyl (C=O) groups is 6. The number of benzene rings is 2. The predicted molar refractivity (Wildman–Crippen MR) is 174 cm³/mol. The molecule has 6 rings (SSSR count). The molecule has 2 aromatic carbocycles. The van der Waals surface area contributed by atoms with Gasteiger partial charge in [-0.15, -0.1) is 0 Å². The maximum absolute atomic E-state index is 13.0. The van der Waals surface area contributed by atoms with E-state index in [1.165, 1.54) is 12.1 Å². The van der Waals surface area contributed by atoms with E-state index in [1.807, 2.05) is 0 Å². The summed E-state index contributed by atoms with van der Waals surface area (Å²) in [6.45, 7) is -0.451. The van der Waals surface area contributed by atoms with Crippen LogP contribution >= 0.6 is 23.2 Å². The summed E-state index contributed by atoms with van der Waals surface area (Å²) >= 11 is 12.0. The third kappa shape index (κ3) is 6.64. The topological polar surface area (TPSA) is 226 Å². The van der Waals surface area contributed by atoms with Gasteiger partial charge in [-0.2, -0.15) is 0 Å². The molecule has 2 fully saturated rings. The number of aliphatic hydroxyl groups is 2. The van der Waals surface area contributed by atoms with Gasteiger partial charge >= 0.3 is 11.9 Å². The Morgan fingerprint density at radius 2 is 1.06 bits per heavy atom. The van der Waals surface area contributed by atoms with E-state index < -0.39 is 81.9 Å². The molecular weight excluding hydrogens is 687 g/mol. The molecule has 2 saturated heterocycles. The van der Waals surface area contributed by atoms with Crippen LogP contribution in [0, 0.1) is 0 Å². The number of carbonyl (C=O) groups excluding carboxylic acids is 4. The van der Waals surface area contributed by atoms with Crippen molar-refractivity contribution in [3.8, 4) is 0 Å². The second kappa shape index (κ2) is 14.4. The number of fused-ring (bicyclic) bond motifs is 4. The molecule has 2 spiro atoms. The van der Waals surface area contributed by atoms with Gasteiger partial charge in [0.1, 0.15) is 35.8 Å². The smallest absolute Gasteiger partial charge is 0.322 e. The minimum absolute atomic E-state index is 0. The highest BCUT2D eigenvalue weighted by Gasteiger charge is 2.53. The first-order chi connectivity index (χ1) is 22.7. The summed E-state index contributed by atoms with van der Waals surface area (Å²) in [5.41, 5.74) is -1.37. The molecular formula is C33H32Cl2N2O12. The summed E-state index contributed by atoms with van der Waals surface area (Å²) in [7, 11) is 0. The lowest BCUT2D eigenvalue weighted by Gasteiger charge is -2.33. The third-order valence-electron chi connectivity index (χ3n) is 8.60. The van der Waals surface area contributed by atoms with Gasteiger partial charge in [-0.05, 0) is 48.2 Å². The lowest BCUT2D eigenvalue weighted by molar-refractivity contribution is -0.138. The van der Waals surface area contributed by atoms with Gasteiger partial charge in [0.25, 0.3) is 11.8 Å². The number of aliphatic carboxylic acids is 2. The number of Topliss-reactive ketones (excluding diaryl/α,β-unsaturated/α-hetero) is 2. The molecule has 2 aliphatic heterocycles. The average molecular weight is 720 g/mol. The Morgan fingerprint density at radius 3 is 1.37 bits per heavy atom. The van der Waals surface area contributed by atoms with Crippen molar-refractivity contribution in [3.05, 3.63) is 79.8 Å². The molecule has 0 unspecified atom stereocenters. The minimum atomic E-state index is -1.26. The highest BCUT2D eigenvalue weighted by molar-refractivity contribution is 6.33. The Kier molecular flexibility index (Phi) is 10.9. The lowest BCUT2D eigenvalue weighted by atomic mass is 9.68. The highest BCUT2D eigenvalue weighted by Crippen LogP contribution is 2.46. The number of halogens is 2. The van der Waals surface area contributed by atoms with Crippen LogP contribution in [0.15, 0.2) is 47.5 Å². The van der Waals surface area contributed by atoms with Gasteiger partial charge < -0.3 is 40.5 Å². The van der Waals surface area contributed by atoms with Crippen LogP contribution in [-0.2, 0) is 49.1 Å². The number of amides is 2. The zero-order valence-electron chi connectivity index (χ0n) is 24.9. The molecule has 2 amide bonds. The molecule has 2 aromatic rings. The number of carboxylic acids is 2. The Hall–Kier alpha value is -4.76. The van der Waals surface area contributed by atoms with Gasteiger partial charge in [0.15, 0.2) is 11.6 Å². The van der Waals surface area contributed by atoms with Crippen LogP contribution in [0.2, 0.25) is 10.0 Å². The van der Waals surface area contributed by atoms with E-state index in [1.54, 1.807) is 24.3 Å². The van der Waals surface area contributed by atoms with Gasteiger partial charge in [-0.1, -0.05) is 42.8 Å². The number of nitrogens with one attached hydrogen (secondary N) is 2. The summed E-state index contributed by atoms with van der Waals surface area (Å²) in [5, 5.41) is 43.2. The van der Waals surface area contributed by atoms with Crippen molar-refractivity contribution < 1.29 is 58.7 Å². The molecule has 16 heteroatoms. The van der Waals surface area contributed by atoms with Crippen LogP contribution in [0.3, 0.4) is 0 Å². The first kappa shape index (κ1) is 37.1. The summed E-state index contributed by atoms with van der Waals surface area (Å²) in [5.74, 6) is -6.53. The van der Waals surface area contributed by atoms with Crippen molar-refractivity contribution in [2.45, 2.75) is 31.1 Å². The lowest BCUT2D eigenvalue weighted by Crippen LogP contribution is -2.45. The van der Waals surface area contributed by atoms with E-state index in [0.717, 1.165) is 0 Å². The van der Waals surface area contributed by atoms with E-state index in [4.69, 9.17) is 42.9 Å². The van der Waals surface area contributed by atoms with E-state index in [2.05, 4.69) is 10.6 Å². The molecule has 2 atom stereocenters. The molecule has 0 bridgehead atoms. The fourth-order valence-corrected chi connectivity index (χ4v) is 6.63. The van der Waals surface area contributed by atoms with Gasteiger partial charge in [0.05, 0.1) is 24.0 Å². The van der Waals surface area contributed by atoms with Crippen LogP contribution in [0.25, 0.3) is 11.5 Å². The van der Waals surface area contributed by atoms with Crippen molar-refractivity contribution in [1.82, 2.24) is 10.6 Å². The number of aliphatic hydroxyl groups excluding tert-OH is 2. The van der Waals surface area contributed by atoms with E-state index >= 15 is 0 Å². The maximum Gasteiger partial charge on any atom is 0.322 e. The molecule has 0 saturated carbocycles. The summed E-state index contributed by atoms with van der Waals surface area (Å²) in [6.07, 6.45) is 0.729. The zero-order valence-corrected chi connectivity index (χ0v) is 26.4. The summed E-state index contributed by atoms with van der Waals surface area (Å²) < 4.78 is 10.7. The van der Waals surface area contributed by atoms with Gasteiger partial charge in [-0.25, -0.2) is 0 Å². The Labute approximate surface area is 289 Å². The molecule has 2 aliphatic carbocycles. The Bertz CT molecular complexity index is 1690. The van der Waals surface area contributed by atoms with Gasteiger partial charge in [-0.3, -0.25) is 28.8 Å². The average Bonchev–Trinajstić information content (AvgIpc) is 3.74. The third-order valence-corrected chi connectivity index (χ3v) is 9.07. The van der Waals surface area contributed by atoms with Crippen molar-refractivity contribution >= 4 is 70.0 Å².